The largest absolute Gasteiger partial charge is 0.393 e. The molecule has 1 aromatic heterocycles. The molecule has 2 aromatic carbocycles. The van der Waals surface area contributed by atoms with E-state index in [4.69, 9.17) is 17.3 Å². The summed E-state index contributed by atoms with van der Waals surface area (Å²) in [4.78, 5) is 8.51. The molecule has 134 valence electrons. The van der Waals surface area contributed by atoms with Gasteiger partial charge in [0.25, 0.3) is 0 Å². The van der Waals surface area contributed by atoms with Crippen LogP contribution >= 0.6 is 11.6 Å². The Morgan fingerprint density at radius 3 is 2.27 bits per heavy atom. The maximum atomic E-state index is 6.26. The van der Waals surface area contributed by atoms with Gasteiger partial charge in [0.1, 0.15) is 12.0 Å². The van der Waals surface area contributed by atoms with Gasteiger partial charge in [-0.15, -0.1) is 0 Å². The lowest BCUT2D eigenvalue weighted by atomic mass is 10.0. The molecule has 1 heterocycles. The van der Waals surface area contributed by atoms with E-state index in [0.29, 0.717) is 28.3 Å². The van der Waals surface area contributed by atoms with Crippen LogP contribution in [0.5, 0.6) is 0 Å². The highest BCUT2D eigenvalue weighted by atomic mass is 35.5. The van der Waals surface area contributed by atoms with Crippen molar-refractivity contribution in [2.75, 3.05) is 16.4 Å². The van der Waals surface area contributed by atoms with Crippen molar-refractivity contribution in [3.05, 3.63) is 64.9 Å². The fourth-order valence-corrected chi connectivity index (χ4v) is 2.71. The van der Waals surface area contributed by atoms with E-state index in [1.54, 1.807) is 0 Å². The first kappa shape index (κ1) is 18.0. The zero-order valence-electron chi connectivity index (χ0n) is 15.0. The Kier molecular flexibility index (Phi) is 5.28. The molecule has 4 N–H and O–H groups in total. The lowest BCUT2D eigenvalue weighted by Crippen LogP contribution is -2.05. The summed E-state index contributed by atoms with van der Waals surface area (Å²) < 4.78 is 0. The Morgan fingerprint density at radius 1 is 0.962 bits per heavy atom. The Morgan fingerprint density at radius 2 is 1.62 bits per heavy atom. The Bertz CT molecular complexity index is 907. The lowest BCUT2D eigenvalue weighted by Gasteiger charge is -2.14. The average Bonchev–Trinajstić information content (AvgIpc) is 2.62. The second kappa shape index (κ2) is 7.62. The first-order valence-electron chi connectivity index (χ1n) is 8.44. The number of anilines is 5. The van der Waals surface area contributed by atoms with Gasteiger partial charge in [-0.1, -0.05) is 43.6 Å². The maximum absolute atomic E-state index is 6.26. The zero-order valence-corrected chi connectivity index (χ0v) is 15.8. The predicted molar refractivity (Wildman–Crippen MR) is 110 cm³/mol. The highest BCUT2D eigenvalue weighted by molar-refractivity contribution is 6.30. The number of aryl methyl sites for hydroxylation is 1. The molecule has 0 unspecified atom stereocenters. The van der Waals surface area contributed by atoms with Gasteiger partial charge < -0.3 is 16.4 Å². The summed E-state index contributed by atoms with van der Waals surface area (Å²) in [6.07, 6.45) is 1.48. The highest BCUT2D eigenvalue weighted by Gasteiger charge is 2.10. The summed E-state index contributed by atoms with van der Waals surface area (Å²) in [6.45, 7) is 6.33. The molecule has 0 aliphatic rings. The van der Waals surface area contributed by atoms with Gasteiger partial charge >= 0.3 is 0 Å². The maximum Gasteiger partial charge on any atom is 0.159 e. The van der Waals surface area contributed by atoms with E-state index in [9.17, 15) is 0 Å². The van der Waals surface area contributed by atoms with Crippen LogP contribution in [0.4, 0.5) is 28.7 Å². The van der Waals surface area contributed by atoms with Crippen molar-refractivity contribution in [1.82, 2.24) is 9.97 Å². The minimum Gasteiger partial charge on any atom is -0.393 e. The molecule has 3 rings (SSSR count). The molecule has 5 nitrogen and oxygen atoms in total. The van der Waals surface area contributed by atoms with Crippen LogP contribution in [-0.2, 0) is 0 Å². The molecule has 0 aliphatic carbocycles. The minimum absolute atomic E-state index is 0.444. The van der Waals surface area contributed by atoms with E-state index in [0.717, 1.165) is 16.9 Å². The summed E-state index contributed by atoms with van der Waals surface area (Å²) in [7, 11) is 0. The molecule has 0 atom stereocenters. The molecule has 0 saturated heterocycles. The molecule has 0 bridgehead atoms. The van der Waals surface area contributed by atoms with Crippen molar-refractivity contribution >= 4 is 40.3 Å². The average molecular weight is 368 g/mol. The Labute approximate surface area is 158 Å². The SMILES string of the molecule is Cc1ccc(Cl)cc1Nc1ncnc(Nc2ccc(C(C)C)cc2)c1N. The number of hydrogen-bond acceptors (Lipinski definition) is 5. The van der Waals surface area contributed by atoms with Crippen molar-refractivity contribution < 1.29 is 0 Å². The second-order valence-corrected chi connectivity index (χ2v) is 6.91. The van der Waals surface area contributed by atoms with Crippen molar-refractivity contribution in [3.63, 3.8) is 0 Å². The van der Waals surface area contributed by atoms with Crippen LogP contribution in [0.15, 0.2) is 48.8 Å². The first-order valence-corrected chi connectivity index (χ1v) is 8.82. The van der Waals surface area contributed by atoms with Gasteiger partial charge in [-0.25, -0.2) is 9.97 Å². The summed E-state index contributed by atoms with van der Waals surface area (Å²) in [5.74, 6) is 1.58. The number of nitrogens with zero attached hydrogens (tertiary/aromatic N) is 2. The number of halogens is 1. The third kappa shape index (κ3) is 4.06. The predicted octanol–water partition coefficient (Wildman–Crippen LogP) is 5.63. The molecule has 0 saturated carbocycles. The molecule has 0 spiro atoms. The zero-order chi connectivity index (χ0) is 18.7. The summed E-state index contributed by atoms with van der Waals surface area (Å²) in [6, 6.07) is 13.9. The standard InChI is InChI=1S/C20H22ClN5/c1-12(2)14-5-8-16(9-6-14)25-19-18(22)20(24-11-23-19)26-17-10-15(21)7-4-13(17)3/h4-12H,22H2,1-3H3,(H2,23,24,25,26). The molecule has 6 heteroatoms. The molecule has 0 radical (unpaired) electrons. The Hall–Kier alpha value is -2.79. The Balaban J connectivity index is 1.84. The fourth-order valence-electron chi connectivity index (χ4n) is 2.54. The molecule has 0 aliphatic heterocycles. The smallest absolute Gasteiger partial charge is 0.159 e. The van der Waals surface area contributed by atoms with Crippen molar-refractivity contribution in [3.8, 4) is 0 Å². The van der Waals surface area contributed by atoms with E-state index in [2.05, 4.69) is 46.6 Å². The van der Waals surface area contributed by atoms with Gasteiger partial charge in [0.15, 0.2) is 11.6 Å². The summed E-state index contributed by atoms with van der Waals surface area (Å²) >= 11 is 6.08. The van der Waals surface area contributed by atoms with Gasteiger partial charge in [-0.05, 0) is 48.2 Å². The van der Waals surface area contributed by atoms with Crippen LogP contribution in [0.2, 0.25) is 5.02 Å². The highest BCUT2D eigenvalue weighted by Crippen LogP contribution is 2.30. The number of aromatic nitrogens is 2. The number of benzene rings is 2. The summed E-state index contributed by atoms with van der Waals surface area (Å²) in [5, 5.41) is 7.13. The van der Waals surface area contributed by atoms with Crippen LogP contribution in [0.25, 0.3) is 0 Å². The number of hydrogen-bond donors (Lipinski definition) is 3. The minimum atomic E-state index is 0.444. The van der Waals surface area contributed by atoms with Crippen LogP contribution in [-0.4, -0.2) is 9.97 Å². The topological polar surface area (TPSA) is 75.9 Å². The molecular weight excluding hydrogens is 346 g/mol. The van der Waals surface area contributed by atoms with Gasteiger partial charge in [0.05, 0.1) is 0 Å². The monoisotopic (exact) mass is 367 g/mol. The van der Waals surface area contributed by atoms with Crippen molar-refractivity contribution in [1.29, 1.82) is 0 Å². The van der Waals surface area contributed by atoms with E-state index >= 15 is 0 Å². The number of rotatable bonds is 5. The van der Waals surface area contributed by atoms with Gasteiger partial charge in [0.2, 0.25) is 0 Å². The van der Waals surface area contributed by atoms with E-state index < -0.39 is 0 Å². The van der Waals surface area contributed by atoms with Gasteiger partial charge in [-0.3, -0.25) is 0 Å². The normalized spacial score (nSPS) is 10.8. The van der Waals surface area contributed by atoms with Crippen LogP contribution in [0, 0.1) is 6.92 Å². The lowest BCUT2D eigenvalue weighted by molar-refractivity contribution is 0.867. The molecule has 0 amide bonds. The van der Waals surface area contributed by atoms with E-state index in [-0.39, 0.29) is 0 Å². The number of nitrogen functional groups attached to an aromatic ring is 1. The van der Waals surface area contributed by atoms with E-state index in [1.807, 2.05) is 37.3 Å². The third-order valence-electron chi connectivity index (χ3n) is 4.18. The molecule has 3 aromatic rings. The molecular formula is C20H22ClN5. The van der Waals surface area contributed by atoms with Crippen LogP contribution in [0.3, 0.4) is 0 Å². The van der Waals surface area contributed by atoms with Gasteiger partial charge in [-0.2, -0.15) is 0 Å². The van der Waals surface area contributed by atoms with Crippen LogP contribution in [0.1, 0.15) is 30.9 Å². The summed E-state index contributed by atoms with van der Waals surface area (Å²) in [5.41, 5.74) is 10.8. The van der Waals surface area contributed by atoms with E-state index in [1.165, 1.54) is 11.9 Å². The molecule has 26 heavy (non-hydrogen) atoms. The fraction of sp³-hybridized carbons (Fsp3) is 0.200. The third-order valence-corrected chi connectivity index (χ3v) is 4.41. The number of nitrogens with one attached hydrogen (secondary N) is 2. The van der Waals surface area contributed by atoms with Crippen LogP contribution < -0.4 is 16.4 Å². The van der Waals surface area contributed by atoms with Crippen molar-refractivity contribution in [2.24, 2.45) is 0 Å². The molecule has 0 fully saturated rings. The van der Waals surface area contributed by atoms with Crippen molar-refractivity contribution in [2.45, 2.75) is 26.7 Å². The van der Waals surface area contributed by atoms with Gasteiger partial charge in [0, 0.05) is 16.4 Å². The number of nitrogens with two attached hydrogens (primary N) is 1. The quantitative estimate of drug-likeness (QED) is 0.544. The first-order chi connectivity index (χ1) is 12.4. The second-order valence-electron chi connectivity index (χ2n) is 6.47.